The third-order valence-electron chi connectivity index (χ3n) is 6.30. The van der Waals surface area contributed by atoms with Crippen molar-refractivity contribution < 1.29 is 108 Å². The average molecular weight is 854 g/mol. The molecule has 0 N–H and O–H groups in total. The number of hydrogen-bond acceptors (Lipinski definition) is 2. The molecule has 0 spiro atoms. The van der Waals surface area contributed by atoms with Gasteiger partial charge in [0.15, 0.2) is 0 Å². The topological polar surface area (TPSA) is 18.5 Å². The minimum Gasteiger partial charge on any atom is -0.491 e. The molecule has 2 nitrogen and oxygen atoms in total. The van der Waals surface area contributed by atoms with Crippen molar-refractivity contribution in [3.63, 3.8) is 0 Å². The number of rotatable bonds is 8. The molecule has 3 radical (unpaired) electrons. The first kappa shape index (κ1) is 58.7. The van der Waals surface area contributed by atoms with Crippen molar-refractivity contribution in [3.05, 3.63) is 129 Å². The molecule has 253 valence electrons. The van der Waals surface area contributed by atoms with Gasteiger partial charge in [0.1, 0.15) is 12.4 Å². The molecule has 3 rings (SSSR count). The zero-order valence-corrected chi connectivity index (χ0v) is 39.1. The van der Waals surface area contributed by atoms with E-state index in [4.69, 9.17) is 22.6 Å². The maximum Gasteiger partial charge on any atom is 0.119 e. The molecule has 0 bridgehead atoms. The number of aryl methyl sites for hydroxylation is 2. The van der Waals surface area contributed by atoms with E-state index in [2.05, 4.69) is 65.8 Å². The minimum atomic E-state index is 0. The van der Waals surface area contributed by atoms with E-state index in [1.807, 2.05) is 56.3 Å². The van der Waals surface area contributed by atoms with E-state index in [-0.39, 0.29) is 98.1 Å². The first-order valence-electron chi connectivity index (χ1n) is 15.5. The van der Waals surface area contributed by atoms with Gasteiger partial charge in [-0.05, 0) is 31.9 Å². The van der Waals surface area contributed by atoms with E-state index >= 15 is 0 Å². The van der Waals surface area contributed by atoms with E-state index < -0.39 is 0 Å². The van der Waals surface area contributed by atoms with E-state index in [1.165, 1.54) is 55.4 Å². The molecule has 1 saturated carbocycles. The molecular weight excluding hydrogens is 791 g/mol. The third kappa shape index (κ3) is 48.9. The van der Waals surface area contributed by atoms with Gasteiger partial charge in [0.2, 0.25) is 0 Å². The smallest absolute Gasteiger partial charge is 0.119 e. The second-order valence-corrected chi connectivity index (χ2v) is 10.5. The number of hydrogen-bond donors (Lipinski definition) is 0. The molecule has 0 atom stereocenters. The van der Waals surface area contributed by atoms with E-state index in [1.54, 1.807) is 20.1 Å². The van der Waals surface area contributed by atoms with Crippen molar-refractivity contribution in [3.8, 4) is 5.75 Å². The molecule has 0 unspecified atom stereocenters. The molecule has 0 heterocycles. The molecule has 0 aromatic heterocycles. The Morgan fingerprint density at radius 1 is 0.870 bits per heavy atom. The number of benzene rings is 2. The van der Waals surface area contributed by atoms with Crippen molar-refractivity contribution in [2.75, 3.05) is 20.3 Å². The summed E-state index contributed by atoms with van der Waals surface area (Å²) < 4.78 is 10.2. The first-order chi connectivity index (χ1) is 20.6. The summed E-state index contributed by atoms with van der Waals surface area (Å²) in [6.07, 6.45) is 19.7. The normalized spacial score (nSPS) is 11.5. The standard InChI is InChI=1S/C10H14O2.C7H14.C7H8.C6H12.C6H8.C5H6.3Y/c1-9-3-5-10(6-4-9)12-8-7-11-2;2*1-7-5-3-2-4-6-7;2*1-4-6(3)5-2;1-3-5-4-2;;;/h3-6H,7-8H2,1-2H3;7H,2-6H2,1H3;2-6H,1H3;6H,1-2,4-5H2,3H3;1,4H,2-3H3;1,3,5H,2H3;;;/q;;;3*-2;;;. The molecule has 1 fully saturated rings. The van der Waals surface area contributed by atoms with Gasteiger partial charge in [-0.3, -0.25) is 0 Å². The van der Waals surface area contributed by atoms with Crippen LogP contribution in [0.2, 0.25) is 0 Å². The molecule has 2 aromatic rings. The van der Waals surface area contributed by atoms with Gasteiger partial charge in [-0.25, -0.2) is 0 Å². The Morgan fingerprint density at radius 3 is 1.61 bits per heavy atom. The molecule has 0 aliphatic heterocycles. The molecule has 2 aromatic carbocycles. The summed E-state index contributed by atoms with van der Waals surface area (Å²) >= 11 is 0. The monoisotopic (exact) mass is 853 g/mol. The maximum atomic E-state index is 5.38. The van der Waals surface area contributed by atoms with Crippen LogP contribution in [0.3, 0.4) is 0 Å². The summed E-state index contributed by atoms with van der Waals surface area (Å²) in [6, 6.07) is 18.2. The summed E-state index contributed by atoms with van der Waals surface area (Å²) in [6.45, 7) is 32.8. The quantitative estimate of drug-likeness (QED) is 0.150. The maximum absolute atomic E-state index is 5.38. The summed E-state index contributed by atoms with van der Waals surface area (Å²) in [5.41, 5.74) is 3.56. The van der Waals surface area contributed by atoms with Crippen LogP contribution in [0.25, 0.3) is 0 Å². The Balaban J connectivity index is -0.000000106. The van der Waals surface area contributed by atoms with Crippen LogP contribution in [0.15, 0.2) is 78.4 Å². The second kappa shape index (κ2) is 47.6. The Bertz CT molecular complexity index is 899. The third-order valence-corrected chi connectivity index (χ3v) is 6.30. The average Bonchev–Trinajstić information content (AvgIpc) is 3.04. The fourth-order valence-corrected chi connectivity index (χ4v) is 3.04. The Labute approximate surface area is 363 Å². The van der Waals surface area contributed by atoms with Crippen molar-refractivity contribution >= 4 is 0 Å². The van der Waals surface area contributed by atoms with Gasteiger partial charge < -0.3 is 72.4 Å². The van der Waals surface area contributed by atoms with Crippen molar-refractivity contribution in [2.24, 2.45) is 11.8 Å². The summed E-state index contributed by atoms with van der Waals surface area (Å²) in [5, 5.41) is 0. The Kier molecular flexibility index (Phi) is 60.7. The van der Waals surface area contributed by atoms with Gasteiger partial charge >= 0.3 is 0 Å². The Morgan fingerprint density at radius 2 is 1.37 bits per heavy atom. The molecule has 1 aliphatic carbocycles. The first-order valence-corrected chi connectivity index (χ1v) is 15.5. The van der Waals surface area contributed by atoms with Crippen molar-refractivity contribution in [1.82, 2.24) is 0 Å². The SMILES string of the molecule is CC1CCCCC1.COCCOc1ccc(C)cc1.Cc1ccccc1.[CH-]=CC(C)=[C-]C.[CH-]=CC=[C-]C.[CH2-]CC(C)C[CH2-].[Y].[Y].[Y]. The van der Waals surface area contributed by atoms with Gasteiger partial charge in [0.05, 0.1) is 6.61 Å². The van der Waals surface area contributed by atoms with Crippen LogP contribution >= 0.6 is 0 Å². The van der Waals surface area contributed by atoms with Gasteiger partial charge in [0, 0.05) is 105 Å². The van der Waals surface area contributed by atoms with Crippen LogP contribution in [0, 0.1) is 64.8 Å². The van der Waals surface area contributed by atoms with Crippen LogP contribution in [0.1, 0.15) is 90.7 Å². The predicted molar refractivity (Wildman–Crippen MR) is 190 cm³/mol. The summed E-state index contributed by atoms with van der Waals surface area (Å²) in [7, 11) is 1.67. The zero-order chi connectivity index (χ0) is 33.1. The Hall–Kier alpha value is 0.472. The van der Waals surface area contributed by atoms with Crippen molar-refractivity contribution in [1.29, 1.82) is 0 Å². The largest absolute Gasteiger partial charge is 0.491 e. The van der Waals surface area contributed by atoms with Crippen LogP contribution in [-0.2, 0) is 103 Å². The second-order valence-electron chi connectivity index (χ2n) is 10.5. The zero-order valence-electron chi connectivity index (χ0n) is 30.6. The van der Waals surface area contributed by atoms with Gasteiger partial charge in [-0.15, -0.1) is 20.8 Å². The van der Waals surface area contributed by atoms with Crippen LogP contribution in [0.5, 0.6) is 5.75 Å². The fraction of sp³-hybridized carbons (Fsp3) is 0.463. The van der Waals surface area contributed by atoms with Crippen LogP contribution in [-0.4, -0.2) is 20.3 Å². The summed E-state index contributed by atoms with van der Waals surface area (Å²) in [4.78, 5) is 0. The predicted octanol–water partition coefficient (Wildman–Crippen LogP) is 11.8. The number of allylic oxidation sites excluding steroid dienone is 6. The van der Waals surface area contributed by atoms with Gasteiger partial charge in [0.25, 0.3) is 0 Å². The van der Waals surface area contributed by atoms with Gasteiger partial charge in [-0.1, -0.05) is 105 Å². The molecule has 1 aliphatic rings. The number of ether oxygens (including phenoxy) is 2. The minimum absolute atomic E-state index is 0. The van der Waals surface area contributed by atoms with E-state index in [0.717, 1.165) is 30.1 Å². The molecule has 0 saturated heterocycles. The van der Waals surface area contributed by atoms with Crippen molar-refractivity contribution in [2.45, 2.75) is 93.4 Å². The van der Waals surface area contributed by atoms with Crippen LogP contribution < -0.4 is 4.74 Å². The van der Waals surface area contributed by atoms with Crippen LogP contribution in [0.4, 0.5) is 0 Å². The molecule has 5 heteroatoms. The van der Waals surface area contributed by atoms with E-state index in [9.17, 15) is 0 Å². The number of methoxy groups -OCH3 is 1. The van der Waals surface area contributed by atoms with E-state index in [0.29, 0.717) is 19.1 Å². The molecule has 0 amide bonds. The van der Waals surface area contributed by atoms with Gasteiger partial charge in [-0.2, -0.15) is 12.8 Å². The summed E-state index contributed by atoms with van der Waals surface area (Å²) in [5.74, 6) is 2.65. The molecular formula is C41H62O2Y3-6. The fourth-order valence-electron chi connectivity index (χ4n) is 3.04. The molecule has 46 heavy (non-hydrogen) atoms.